The van der Waals surface area contributed by atoms with Gasteiger partial charge in [-0.2, -0.15) is 0 Å². The minimum atomic E-state index is -0.205. The largest absolute Gasteiger partial charge is 0.480 e. The molecular weight excluding hydrogens is 378 g/mol. The van der Waals surface area contributed by atoms with Crippen molar-refractivity contribution >= 4 is 23.2 Å². The van der Waals surface area contributed by atoms with Gasteiger partial charge in [0.15, 0.2) is 0 Å². The Kier molecular flexibility index (Phi) is 6.71. The van der Waals surface area contributed by atoms with Crippen LogP contribution in [-0.4, -0.2) is 55.8 Å². The van der Waals surface area contributed by atoms with Crippen molar-refractivity contribution in [1.82, 2.24) is 10.2 Å². The SMILES string of the molecule is CCC#CCOc1cc(N)c(Cl)cc1C(=O)NC1CC2C[C@H](OC)C(C1)N2C. The van der Waals surface area contributed by atoms with Crippen LogP contribution in [0.5, 0.6) is 5.75 Å². The zero-order valence-electron chi connectivity index (χ0n) is 16.6. The number of methoxy groups -OCH3 is 1. The molecule has 0 spiro atoms. The van der Waals surface area contributed by atoms with E-state index >= 15 is 0 Å². The monoisotopic (exact) mass is 405 g/mol. The zero-order chi connectivity index (χ0) is 20.3. The first kappa shape index (κ1) is 20.8. The number of anilines is 1. The van der Waals surface area contributed by atoms with E-state index in [0.29, 0.717) is 34.1 Å². The molecule has 0 aromatic heterocycles. The van der Waals surface area contributed by atoms with E-state index in [0.717, 1.165) is 25.7 Å². The molecule has 2 aliphatic heterocycles. The van der Waals surface area contributed by atoms with Crippen LogP contribution in [0.15, 0.2) is 12.1 Å². The average Bonchev–Trinajstić information content (AvgIpc) is 2.85. The van der Waals surface area contributed by atoms with Gasteiger partial charge in [0.05, 0.1) is 22.4 Å². The van der Waals surface area contributed by atoms with Crippen LogP contribution in [0.25, 0.3) is 0 Å². The van der Waals surface area contributed by atoms with Gasteiger partial charge in [0.2, 0.25) is 0 Å². The first-order valence-corrected chi connectivity index (χ1v) is 10.1. The van der Waals surface area contributed by atoms with E-state index in [9.17, 15) is 4.79 Å². The summed E-state index contributed by atoms with van der Waals surface area (Å²) in [5.41, 5.74) is 6.65. The Morgan fingerprint density at radius 1 is 1.36 bits per heavy atom. The van der Waals surface area contributed by atoms with Gasteiger partial charge in [-0.1, -0.05) is 24.4 Å². The number of nitrogens with zero attached hydrogens (tertiary/aromatic N) is 1. The Morgan fingerprint density at radius 3 is 2.86 bits per heavy atom. The third-order valence-corrected chi connectivity index (χ3v) is 6.03. The van der Waals surface area contributed by atoms with E-state index in [2.05, 4.69) is 29.1 Å². The summed E-state index contributed by atoms with van der Waals surface area (Å²) in [5, 5.41) is 3.49. The van der Waals surface area contributed by atoms with E-state index in [4.69, 9.17) is 26.8 Å². The van der Waals surface area contributed by atoms with Gasteiger partial charge in [-0.3, -0.25) is 9.69 Å². The molecule has 2 heterocycles. The number of carbonyl (C=O) groups is 1. The van der Waals surface area contributed by atoms with Crippen LogP contribution in [0.1, 0.15) is 43.0 Å². The lowest BCUT2D eigenvalue weighted by molar-refractivity contribution is 0.0524. The van der Waals surface area contributed by atoms with Crippen LogP contribution in [-0.2, 0) is 4.74 Å². The van der Waals surface area contributed by atoms with E-state index in [-0.39, 0.29) is 24.7 Å². The summed E-state index contributed by atoms with van der Waals surface area (Å²) in [6.07, 6.45) is 3.74. The summed E-state index contributed by atoms with van der Waals surface area (Å²) in [7, 11) is 3.89. The highest BCUT2D eigenvalue weighted by Gasteiger charge is 2.45. The second-order valence-corrected chi connectivity index (χ2v) is 7.81. The molecule has 0 saturated carbocycles. The van der Waals surface area contributed by atoms with Crippen LogP contribution in [0.2, 0.25) is 5.02 Å². The number of nitrogens with two attached hydrogens (primary N) is 1. The molecule has 4 atom stereocenters. The highest BCUT2D eigenvalue weighted by molar-refractivity contribution is 6.33. The molecular formula is C21H28ClN3O3. The highest BCUT2D eigenvalue weighted by Crippen LogP contribution is 2.36. The second kappa shape index (κ2) is 9.04. The Bertz CT molecular complexity index is 789. The van der Waals surface area contributed by atoms with Crippen LogP contribution < -0.4 is 15.8 Å². The highest BCUT2D eigenvalue weighted by atomic mass is 35.5. The number of piperidine rings is 1. The number of halogens is 1. The number of ether oxygens (including phenoxy) is 2. The fourth-order valence-corrected chi connectivity index (χ4v) is 4.38. The summed E-state index contributed by atoms with van der Waals surface area (Å²) in [6, 6.07) is 3.98. The smallest absolute Gasteiger partial charge is 0.255 e. The number of benzene rings is 1. The number of nitrogen functional groups attached to an aromatic ring is 1. The minimum Gasteiger partial charge on any atom is -0.480 e. The van der Waals surface area contributed by atoms with E-state index in [1.807, 2.05) is 6.92 Å². The number of carbonyl (C=O) groups excluding carboxylic acids is 1. The topological polar surface area (TPSA) is 76.8 Å². The van der Waals surface area contributed by atoms with E-state index in [1.165, 1.54) is 0 Å². The standard InChI is InChI=1S/C21H28ClN3O3/c1-4-5-6-7-28-19-12-17(23)16(22)11-15(19)21(26)24-13-8-14-10-20(27-3)18(9-13)25(14)2/h11-14,18,20H,4,7-10,23H2,1-3H3,(H,24,26)/t13?,14?,18?,20-/m0/s1. The van der Waals surface area contributed by atoms with Crippen molar-refractivity contribution in [3.05, 3.63) is 22.7 Å². The Balaban J connectivity index is 1.72. The molecule has 6 nitrogen and oxygen atoms in total. The molecule has 3 rings (SSSR count). The average molecular weight is 406 g/mol. The van der Waals surface area contributed by atoms with Gasteiger partial charge < -0.3 is 20.5 Å². The van der Waals surface area contributed by atoms with Gasteiger partial charge in [0.1, 0.15) is 12.4 Å². The molecule has 3 N–H and O–H groups in total. The molecule has 7 heteroatoms. The minimum absolute atomic E-state index is 0.0860. The molecule has 2 aliphatic rings. The van der Waals surface area contributed by atoms with Gasteiger partial charge in [-0.15, -0.1) is 5.92 Å². The van der Waals surface area contributed by atoms with Crippen LogP contribution in [0.4, 0.5) is 5.69 Å². The zero-order valence-corrected chi connectivity index (χ0v) is 17.4. The summed E-state index contributed by atoms with van der Waals surface area (Å²) in [6.45, 7) is 2.16. The van der Waals surface area contributed by atoms with Gasteiger partial charge in [0, 0.05) is 37.7 Å². The third kappa shape index (κ3) is 4.38. The summed E-state index contributed by atoms with van der Waals surface area (Å²) < 4.78 is 11.3. The third-order valence-electron chi connectivity index (χ3n) is 5.70. The number of nitrogens with one attached hydrogen (secondary N) is 1. The quantitative estimate of drug-likeness (QED) is 0.581. The predicted octanol–water partition coefficient (Wildman–Crippen LogP) is 2.69. The summed E-state index contributed by atoms with van der Waals surface area (Å²) in [4.78, 5) is 15.4. The van der Waals surface area contributed by atoms with E-state index in [1.54, 1.807) is 19.2 Å². The summed E-state index contributed by atoms with van der Waals surface area (Å²) in [5.74, 6) is 6.04. The van der Waals surface area contributed by atoms with Crippen molar-refractivity contribution in [2.24, 2.45) is 0 Å². The predicted molar refractivity (Wildman–Crippen MR) is 111 cm³/mol. The molecule has 1 amide bonds. The number of rotatable bonds is 5. The van der Waals surface area contributed by atoms with Crippen molar-refractivity contribution in [1.29, 1.82) is 0 Å². The molecule has 2 bridgehead atoms. The molecule has 2 saturated heterocycles. The number of hydrogen-bond acceptors (Lipinski definition) is 5. The Morgan fingerprint density at radius 2 is 2.14 bits per heavy atom. The maximum Gasteiger partial charge on any atom is 0.255 e. The molecule has 1 aromatic carbocycles. The number of likely N-dealkylation sites (N-methyl/N-ethyl adjacent to an activating group) is 1. The van der Waals surface area contributed by atoms with Crippen LogP contribution in [0, 0.1) is 11.8 Å². The van der Waals surface area contributed by atoms with Gasteiger partial charge in [-0.25, -0.2) is 0 Å². The molecule has 152 valence electrons. The lowest BCUT2D eigenvalue weighted by Crippen LogP contribution is -2.50. The molecule has 0 radical (unpaired) electrons. The van der Waals surface area contributed by atoms with E-state index < -0.39 is 0 Å². The molecule has 1 aromatic rings. The van der Waals surface area contributed by atoms with Gasteiger partial charge in [0.25, 0.3) is 5.91 Å². The Labute approximate surface area is 171 Å². The normalized spacial score (nSPS) is 26.4. The van der Waals surface area contributed by atoms with Crippen LogP contribution in [0.3, 0.4) is 0 Å². The van der Waals surface area contributed by atoms with Crippen molar-refractivity contribution < 1.29 is 14.3 Å². The summed E-state index contributed by atoms with van der Waals surface area (Å²) >= 11 is 6.16. The maximum atomic E-state index is 13.0. The second-order valence-electron chi connectivity index (χ2n) is 7.40. The van der Waals surface area contributed by atoms with Gasteiger partial charge >= 0.3 is 0 Å². The maximum absolute atomic E-state index is 13.0. The first-order chi connectivity index (χ1) is 13.4. The van der Waals surface area contributed by atoms with Crippen molar-refractivity contribution in [2.75, 3.05) is 26.5 Å². The fraction of sp³-hybridized carbons (Fsp3) is 0.571. The number of hydrogen-bond donors (Lipinski definition) is 2. The van der Waals surface area contributed by atoms with Crippen molar-refractivity contribution in [3.63, 3.8) is 0 Å². The Hall–Kier alpha value is -1.94. The van der Waals surface area contributed by atoms with Gasteiger partial charge in [-0.05, 0) is 32.4 Å². The lowest BCUT2D eigenvalue weighted by Gasteiger charge is -2.37. The van der Waals surface area contributed by atoms with Crippen molar-refractivity contribution in [3.8, 4) is 17.6 Å². The molecule has 3 unspecified atom stereocenters. The molecule has 0 aliphatic carbocycles. The lowest BCUT2D eigenvalue weighted by atomic mass is 9.97. The van der Waals surface area contributed by atoms with Crippen molar-refractivity contribution in [2.45, 2.75) is 56.8 Å². The fourth-order valence-electron chi connectivity index (χ4n) is 4.21. The van der Waals surface area contributed by atoms with Crippen LogP contribution >= 0.6 is 11.6 Å². The number of amides is 1. The number of fused-ring (bicyclic) bond motifs is 2. The molecule has 2 fully saturated rings. The molecule has 28 heavy (non-hydrogen) atoms. The first-order valence-electron chi connectivity index (χ1n) is 9.67.